The summed E-state index contributed by atoms with van der Waals surface area (Å²) < 4.78 is 4.98. The third-order valence-electron chi connectivity index (χ3n) is 1.68. The van der Waals surface area contributed by atoms with Crippen LogP contribution in [0.5, 0.6) is 5.75 Å². The van der Waals surface area contributed by atoms with Gasteiger partial charge < -0.3 is 9.84 Å². The first-order valence-electron chi connectivity index (χ1n) is 3.72. The van der Waals surface area contributed by atoms with E-state index in [2.05, 4.69) is 6.58 Å². The minimum atomic E-state index is -0.587. The van der Waals surface area contributed by atoms with Crippen LogP contribution in [0.25, 0.3) is 0 Å². The van der Waals surface area contributed by atoms with Crippen LogP contribution in [-0.4, -0.2) is 12.2 Å². The van der Waals surface area contributed by atoms with Gasteiger partial charge in [0.15, 0.2) is 0 Å². The number of aliphatic hydroxyl groups is 1. The molecule has 0 aliphatic heterocycles. The van der Waals surface area contributed by atoms with Gasteiger partial charge >= 0.3 is 0 Å². The summed E-state index contributed by atoms with van der Waals surface area (Å²) in [4.78, 5) is 0. The second-order valence-electron chi connectivity index (χ2n) is 2.45. The van der Waals surface area contributed by atoms with Crippen molar-refractivity contribution in [2.75, 3.05) is 7.11 Å². The fraction of sp³-hybridized carbons (Fsp3) is 0.200. The molecule has 1 N–H and O–H groups in total. The molecule has 0 spiro atoms. The molecule has 0 aliphatic carbocycles. The third-order valence-corrected chi connectivity index (χ3v) is 1.68. The van der Waals surface area contributed by atoms with Crippen LogP contribution in [0, 0.1) is 0 Å². The van der Waals surface area contributed by atoms with E-state index in [9.17, 15) is 5.11 Å². The van der Waals surface area contributed by atoms with E-state index in [1.807, 2.05) is 24.3 Å². The van der Waals surface area contributed by atoms with Crippen molar-refractivity contribution in [2.24, 2.45) is 0 Å². The van der Waals surface area contributed by atoms with Crippen molar-refractivity contribution >= 4 is 0 Å². The molecule has 0 unspecified atom stereocenters. The molecule has 0 saturated heterocycles. The molecule has 64 valence electrons. The molecule has 1 rings (SSSR count). The maximum absolute atomic E-state index is 9.33. The Morgan fingerprint density at radius 1 is 1.42 bits per heavy atom. The average Bonchev–Trinajstić information content (AvgIpc) is 2.17. The zero-order valence-electron chi connectivity index (χ0n) is 7.03. The first-order chi connectivity index (χ1) is 5.77. The van der Waals surface area contributed by atoms with E-state index in [1.54, 1.807) is 7.11 Å². The Kier molecular flexibility index (Phi) is 2.88. The number of ether oxygens (including phenoxy) is 1. The van der Waals surface area contributed by atoms with Crippen molar-refractivity contribution in [3.8, 4) is 5.75 Å². The molecule has 1 aromatic rings. The minimum Gasteiger partial charge on any atom is -0.497 e. The van der Waals surface area contributed by atoms with Gasteiger partial charge in [0.1, 0.15) is 5.75 Å². The molecule has 2 nitrogen and oxygen atoms in total. The monoisotopic (exact) mass is 164 g/mol. The summed E-state index contributed by atoms with van der Waals surface area (Å²) in [7, 11) is 1.61. The number of rotatable bonds is 3. The van der Waals surface area contributed by atoms with Crippen molar-refractivity contribution in [1.82, 2.24) is 0 Å². The Balaban J connectivity index is 2.84. The molecular formula is C10H12O2. The molecule has 0 aromatic heterocycles. The lowest BCUT2D eigenvalue weighted by Crippen LogP contribution is -1.92. The van der Waals surface area contributed by atoms with Gasteiger partial charge in [-0.25, -0.2) is 0 Å². The number of hydrogen-bond donors (Lipinski definition) is 1. The van der Waals surface area contributed by atoms with Gasteiger partial charge in [0.2, 0.25) is 0 Å². The summed E-state index contributed by atoms with van der Waals surface area (Å²) >= 11 is 0. The van der Waals surface area contributed by atoms with Gasteiger partial charge in [-0.2, -0.15) is 0 Å². The van der Waals surface area contributed by atoms with Gasteiger partial charge in [0.05, 0.1) is 13.2 Å². The van der Waals surface area contributed by atoms with Crippen LogP contribution in [-0.2, 0) is 0 Å². The number of methoxy groups -OCH3 is 1. The molecule has 0 bridgehead atoms. The fourth-order valence-electron chi connectivity index (χ4n) is 0.937. The molecule has 0 saturated carbocycles. The zero-order valence-corrected chi connectivity index (χ0v) is 7.03. The first-order valence-corrected chi connectivity index (χ1v) is 3.72. The molecule has 0 amide bonds. The van der Waals surface area contributed by atoms with Crippen molar-refractivity contribution in [1.29, 1.82) is 0 Å². The highest BCUT2D eigenvalue weighted by molar-refractivity contribution is 5.29. The third kappa shape index (κ3) is 1.86. The fourth-order valence-corrected chi connectivity index (χ4v) is 0.937. The van der Waals surface area contributed by atoms with Crippen LogP contribution >= 0.6 is 0 Å². The number of aliphatic hydroxyl groups excluding tert-OH is 1. The summed E-state index contributed by atoms with van der Waals surface area (Å²) in [6.45, 7) is 3.50. The Labute approximate surface area is 72.1 Å². The van der Waals surface area contributed by atoms with E-state index in [0.29, 0.717) is 0 Å². The van der Waals surface area contributed by atoms with Gasteiger partial charge in [-0.3, -0.25) is 0 Å². The van der Waals surface area contributed by atoms with Crippen LogP contribution in [0.3, 0.4) is 0 Å². The highest BCUT2D eigenvalue weighted by Gasteiger charge is 2.01. The molecule has 1 aromatic carbocycles. The standard InChI is InChI=1S/C10H12O2/c1-3-10(11)8-4-6-9(12-2)7-5-8/h3-7,10-11H,1H2,2H3/t10-/m0/s1. The largest absolute Gasteiger partial charge is 0.497 e. The summed E-state index contributed by atoms with van der Waals surface area (Å²) in [5.74, 6) is 0.787. The first kappa shape index (κ1) is 8.81. The molecule has 0 heterocycles. The second kappa shape index (κ2) is 3.93. The van der Waals surface area contributed by atoms with Crippen molar-refractivity contribution in [3.05, 3.63) is 42.5 Å². The van der Waals surface area contributed by atoms with Crippen molar-refractivity contribution < 1.29 is 9.84 Å². The van der Waals surface area contributed by atoms with Gasteiger partial charge in [-0.1, -0.05) is 18.2 Å². The lowest BCUT2D eigenvalue weighted by atomic mass is 10.1. The van der Waals surface area contributed by atoms with Gasteiger partial charge in [-0.05, 0) is 17.7 Å². The average molecular weight is 164 g/mol. The SMILES string of the molecule is C=C[C@H](O)c1ccc(OC)cc1. The molecule has 2 heteroatoms. The normalized spacial score (nSPS) is 12.2. The maximum Gasteiger partial charge on any atom is 0.118 e. The van der Waals surface area contributed by atoms with Crippen LogP contribution in [0.15, 0.2) is 36.9 Å². The smallest absolute Gasteiger partial charge is 0.118 e. The molecule has 0 radical (unpaired) electrons. The van der Waals surface area contributed by atoms with E-state index in [1.165, 1.54) is 6.08 Å². The second-order valence-corrected chi connectivity index (χ2v) is 2.45. The van der Waals surface area contributed by atoms with E-state index < -0.39 is 6.10 Å². The van der Waals surface area contributed by atoms with E-state index >= 15 is 0 Å². The quantitative estimate of drug-likeness (QED) is 0.691. The lowest BCUT2D eigenvalue weighted by Gasteiger charge is -2.05. The van der Waals surface area contributed by atoms with Crippen molar-refractivity contribution in [3.63, 3.8) is 0 Å². The molecule has 12 heavy (non-hydrogen) atoms. The van der Waals surface area contributed by atoms with Crippen LogP contribution in [0.1, 0.15) is 11.7 Å². The van der Waals surface area contributed by atoms with E-state index in [4.69, 9.17) is 4.74 Å². The molecule has 0 aliphatic rings. The Bertz CT molecular complexity index is 251. The molecular weight excluding hydrogens is 152 g/mol. The molecule has 1 atom stereocenters. The van der Waals surface area contributed by atoms with Crippen LogP contribution in [0.4, 0.5) is 0 Å². The minimum absolute atomic E-state index is 0.587. The van der Waals surface area contributed by atoms with Gasteiger partial charge in [0, 0.05) is 0 Å². The summed E-state index contributed by atoms with van der Waals surface area (Å²) in [5.41, 5.74) is 0.825. The predicted molar refractivity (Wildman–Crippen MR) is 48.2 cm³/mol. The van der Waals surface area contributed by atoms with Crippen LogP contribution in [0.2, 0.25) is 0 Å². The number of hydrogen-bond acceptors (Lipinski definition) is 2. The summed E-state index contributed by atoms with van der Waals surface area (Å²) in [6, 6.07) is 7.24. The highest BCUT2D eigenvalue weighted by atomic mass is 16.5. The highest BCUT2D eigenvalue weighted by Crippen LogP contribution is 2.17. The summed E-state index contributed by atoms with van der Waals surface area (Å²) in [5, 5.41) is 9.33. The molecule has 0 fully saturated rings. The topological polar surface area (TPSA) is 29.5 Å². The Morgan fingerprint density at radius 2 is 2.00 bits per heavy atom. The maximum atomic E-state index is 9.33. The Morgan fingerprint density at radius 3 is 2.42 bits per heavy atom. The van der Waals surface area contributed by atoms with Gasteiger partial charge in [-0.15, -0.1) is 6.58 Å². The van der Waals surface area contributed by atoms with Gasteiger partial charge in [0.25, 0.3) is 0 Å². The van der Waals surface area contributed by atoms with Crippen molar-refractivity contribution in [2.45, 2.75) is 6.10 Å². The van der Waals surface area contributed by atoms with Crippen LogP contribution < -0.4 is 4.74 Å². The predicted octanol–water partition coefficient (Wildman–Crippen LogP) is 1.91. The lowest BCUT2D eigenvalue weighted by molar-refractivity contribution is 0.229. The number of benzene rings is 1. The zero-order chi connectivity index (χ0) is 8.97. The Hall–Kier alpha value is -1.28. The summed E-state index contributed by atoms with van der Waals surface area (Å²) in [6.07, 6.45) is 0.901. The van der Waals surface area contributed by atoms with E-state index in [-0.39, 0.29) is 0 Å². The van der Waals surface area contributed by atoms with E-state index in [0.717, 1.165) is 11.3 Å².